The van der Waals surface area contributed by atoms with Crippen LogP contribution in [0.2, 0.25) is 0 Å². The molecule has 1 heterocycles. The number of carbonyl (C=O) groups is 1. The highest BCUT2D eigenvalue weighted by Crippen LogP contribution is 2.37. The first-order valence-electron chi connectivity index (χ1n) is 6.63. The van der Waals surface area contributed by atoms with Crippen molar-refractivity contribution < 1.29 is 19.0 Å². The lowest BCUT2D eigenvalue weighted by Crippen LogP contribution is -1.94. The maximum atomic E-state index is 12.2. The molecule has 0 unspecified atom stereocenters. The lowest BCUT2D eigenvalue weighted by Gasteiger charge is -2.02. The van der Waals surface area contributed by atoms with Crippen LogP contribution in [0.4, 0.5) is 0 Å². The number of allylic oxidation sites excluding steroid dienone is 1. The molecule has 3 rings (SSSR count). The third-order valence-corrected chi connectivity index (χ3v) is 3.97. The van der Waals surface area contributed by atoms with Crippen molar-refractivity contribution in [1.29, 1.82) is 0 Å². The Balaban J connectivity index is 1.80. The fraction of sp³-hybridized carbons (Fsp3) is 0.118. The van der Waals surface area contributed by atoms with E-state index < -0.39 is 0 Å². The quantitative estimate of drug-likeness (QED) is 0.608. The number of hydrogen-bond acceptors (Lipinski definition) is 4. The van der Waals surface area contributed by atoms with E-state index in [2.05, 4.69) is 15.9 Å². The van der Waals surface area contributed by atoms with Crippen molar-refractivity contribution in [2.75, 3.05) is 13.9 Å². The van der Waals surface area contributed by atoms with Crippen LogP contribution in [0.5, 0.6) is 17.2 Å². The Labute approximate surface area is 136 Å². The molecule has 0 N–H and O–H groups in total. The normalized spacial score (nSPS) is 12.6. The van der Waals surface area contributed by atoms with Gasteiger partial charge in [-0.15, -0.1) is 0 Å². The van der Waals surface area contributed by atoms with E-state index in [1.165, 1.54) is 6.08 Å². The van der Waals surface area contributed by atoms with E-state index in [-0.39, 0.29) is 12.6 Å². The standard InChI is InChI=1S/C17H13BrO4/c1-20-13-5-2-11(3-6-13)15(19)7-4-12-8-16-17(9-14(12)18)22-10-21-16/h2-9H,10H2,1H3/b7-4+. The summed E-state index contributed by atoms with van der Waals surface area (Å²) in [7, 11) is 1.59. The van der Waals surface area contributed by atoms with Gasteiger partial charge in [-0.3, -0.25) is 4.79 Å². The van der Waals surface area contributed by atoms with Gasteiger partial charge < -0.3 is 14.2 Å². The van der Waals surface area contributed by atoms with Gasteiger partial charge in [0, 0.05) is 10.0 Å². The Morgan fingerprint density at radius 2 is 1.86 bits per heavy atom. The highest BCUT2D eigenvalue weighted by molar-refractivity contribution is 9.10. The SMILES string of the molecule is COc1ccc(C(=O)/C=C/c2cc3c(cc2Br)OCO3)cc1. The van der Waals surface area contributed by atoms with E-state index in [1.54, 1.807) is 37.5 Å². The average molecular weight is 361 g/mol. The fourth-order valence-electron chi connectivity index (χ4n) is 2.08. The van der Waals surface area contributed by atoms with Gasteiger partial charge in [-0.25, -0.2) is 0 Å². The average Bonchev–Trinajstić information content (AvgIpc) is 2.99. The van der Waals surface area contributed by atoms with E-state index in [1.807, 2.05) is 12.1 Å². The van der Waals surface area contributed by atoms with Gasteiger partial charge in [0.2, 0.25) is 6.79 Å². The van der Waals surface area contributed by atoms with Crippen LogP contribution in [0.15, 0.2) is 46.9 Å². The van der Waals surface area contributed by atoms with Gasteiger partial charge in [-0.2, -0.15) is 0 Å². The second kappa shape index (κ2) is 6.23. The van der Waals surface area contributed by atoms with Crippen molar-refractivity contribution in [2.45, 2.75) is 0 Å². The minimum atomic E-state index is -0.0766. The number of fused-ring (bicyclic) bond motifs is 1. The number of rotatable bonds is 4. The summed E-state index contributed by atoms with van der Waals surface area (Å²) in [4.78, 5) is 12.2. The number of ether oxygens (including phenoxy) is 3. The van der Waals surface area contributed by atoms with Crippen molar-refractivity contribution >= 4 is 27.8 Å². The van der Waals surface area contributed by atoms with E-state index in [0.29, 0.717) is 17.1 Å². The van der Waals surface area contributed by atoms with Crippen molar-refractivity contribution in [3.63, 3.8) is 0 Å². The van der Waals surface area contributed by atoms with E-state index in [0.717, 1.165) is 15.8 Å². The molecule has 5 heteroatoms. The van der Waals surface area contributed by atoms with Crippen LogP contribution in [0.25, 0.3) is 6.08 Å². The zero-order valence-electron chi connectivity index (χ0n) is 11.8. The summed E-state index contributed by atoms with van der Waals surface area (Å²) < 4.78 is 16.5. The second-order valence-electron chi connectivity index (χ2n) is 4.65. The third kappa shape index (κ3) is 2.99. The van der Waals surface area contributed by atoms with E-state index in [4.69, 9.17) is 14.2 Å². The van der Waals surface area contributed by atoms with Crippen LogP contribution in [0.1, 0.15) is 15.9 Å². The molecule has 0 atom stereocenters. The predicted molar refractivity (Wildman–Crippen MR) is 86.6 cm³/mol. The third-order valence-electron chi connectivity index (χ3n) is 3.28. The molecule has 22 heavy (non-hydrogen) atoms. The number of methoxy groups -OCH3 is 1. The summed E-state index contributed by atoms with van der Waals surface area (Å²) >= 11 is 3.46. The number of halogens is 1. The zero-order valence-corrected chi connectivity index (χ0v) is 13.4. The summed E-state index contributed by atoms with van der Waals surface area (Å²) in [5, 5.41) is 0. The first-order valence-corrected chi connectivity index (χ1v) is 7.42. The van der Waals surface area contributed by atoms with E-state index >= 15 is 0 Å². The highest BCUT2D eigenvalue weighted by atomic mass is 79.9. The molecular formula is C17H13BrO4. The minimum absolute atomic E-state index is 0.0766. The Kier molecular flexibility index (Phi) is 4.15. The van der Waals surface area contributed by atoms with Crippen LogP contribution in [-0.2, 0) is 0 Å². The van der Waals surface area contributed by atoms with Crippen LogP contribution >= 0.6 is 15.9 Å². The smallest absolute Gasteiger partial charge is 0.231 e. The van der Waals surface area contributed by atoms with Gasteiger partial charge in [0.15, 0.2) is 17.3 Å². The lowest BCUT2D eigenvalue weighted by molar-refractivity contribution is 0.104. The second-order valence-corrected chi connectivity index (χ2v) is 5.51. The first kappa shape index (κ1) is 14.7. The molecule has 0 amide bonds. The maximum absolute atomic E-state index is 12.2. The molecule has 112 valence electrons. The number of ketones is 1. The lowest BCUT2D eigenvalue weighted by atomic mass is 10.1. The molecule has 0 spiro atoms. The molecule has 4 nitrogen and oxygen atoms in total. The molecule has 1 aliphatic heterocycles. The number of hydrogen-bond donors (Lipinski definition) is 0. The van der Waals surface area contributed by atoms with Crippen molar-refractivity contribution in [3.05, 3.63) is 58.1 Å². The molecule has 0 fully saturated rings. The number of benzene rings is 2. The molecule has 0 saturated carbocycles. The van der Waals surface area contributed by atoms with Crippen molar-refractivity contribution in [1.82, 2.24) is 0 Å². The summed E-state index contributed by atoms with van der Waals surface area (Å²) in [5.74, 6) is 2.02. The van der Waals surface area contributed by atoms with Crippen LogP contribution < -0.4 is 14.2 Å². The maximum Gasteiger partial charge on any atom is 0.231 e. The molecule has 0 aliphatic carbocycles. The van der Waals surface area contributed by atoms with Gasteiger partial charge in [0.05, 0.1) is 7.11 Å². The Hall–Kier alpha value is -2.27. The minimum Gasteiger partial charge on any atom is -0.497 e. The van der Waals surface area contributed by atoms with Gasteiger partial charge in [0.1, 0.15) is 5.75 Å². The largest absolute Gasteiger partial charge is 0.497 e. The molecule has 2 aromatic rings. The van der Waals surface area contributed by atoms with Crippen LogP contribution in [-0.4, -0.2) is 19.7 Å². The van der Waals surface area contributed by atoms with Crippen molar-refractivity contribution in [2.24, 2.45) is 0 Å². The summed E-state index contributed by atoms with van der Waals surface area (Å²) in [5.41, 5.74) is 1.46. The molecule has 0 saturated heterocycles. The predicted octanol–water partition coefficient (Wildman–Crippen LogP) is 4.08. The van der Waals surface area contributed by atoms with E-state index in [9.17, 15) is 4.79 Å². The van der Waals surface area contributed by atoms with Gasteiger partial charge in [-0.1, -0.05) is 15.9 Å². The molecule has 1 aliphatic rings. The van der Waals surface area contributed by atoms with Gasteiger partial charge >= 0.3 is 0 Å². The molecule has 0 radical (unpaired) electrons. The molecular weight excluding hydrogens is 348 g/mol. The fourth-order valence-corrected chi connectivity index (χ4v) is 2.53. The topological polar surface area (TPSA) is 44.8 Å². The van der Waals surface area contributed by atoms with Crippen LogP contribution in [0, 0.1) is 0 Å². The zero-order chi connectivity index (χ0) is 15.5. The molecule has 2 aromatic carbocycles. The first-order chi connectivity index (χ1) is 10.7. The van der Waals surface area contributed by atoms with Crippen molar-refractivity contribution in [3.8, 4) is 17.2 Å². The Morgan fingerprint density at radius 1 is 1.18 bits per heavy atom. The summed E-state index contributed by atoms with van der Waals surface area (Å²) in [6.45, 7) is 0.222. The number of carbonyl (C=O) groups excluding carboxylic acids is 1. The monoisotopic (exact) mass is 360 g/mol. The summed E-state index contributed by atoms with van der Waals surface area (Å²) in [6, 6.07) is 10.7. The van der Waals surface area contributed by atoms with Gasteiger partial charge in [0.25, 0.3) is 0 Å². The highest BCUT2D eigenvalue weighted by Gasteiger charge is 2.15. The summed E-state index contributed by atoms with van der Waals surface area (Å²) in [6.07, 6.45) is 3.28. The Bertz CT molecular complexity index is 735. The van der Waals surface area contributed by atoms with Crippen LogP contribution in [0.3, 0.4) is 0 Å². The Morgan fingerprint density at radius 3 is 2.55 bits per heavy atom. The van der Waals surface area contributed by atoms with Gasteiger partial charge in [-0.05, 0) is 54.1 Å². The molecule has 0 bridgehead atoms. The molecule has 0 aromatic heterocycles.